The number of carbonyl (C=O) groups excluding carboxylic acids is 2. The van der Waals surface area contributed by atoms with Gasteiger partial charge in [0, 0.05) is 36.4 Å². The van der Waals surface area contributed by atoms with Gasteiger partial charge in [-0.05, 0) is 36.4 Å². The van der Waals surface area contributed by atoms with Gasteiger partial charge in [-0.2, -0.15) is 11.3 Å². The van der Waals surface area contributed by atoms with Crippen LogP contribution in [0.1, 0.15) is 47.8 Å². The molecule has 0 saturated carbocycles. The van der Waals surface area contributed by atoms with Crippen LogP contribution < -0.4 is 5.32 Å². The van der Waals surface area contributed by atoms with Crippen LogP contribution in [-0.2, 0) is 11.8 Å². The second-order valence-corrected chi connectivity index (χ2v) is 6.97. The van der Waals surface area contributed by atoms with E-state index in [1.807, 2.05) is 29.6 Å². The molecule has 1 N–H and O–H groups in total. The number of nitrogens with zero attached hydrogens (tertiary/aromatic N) is 2. The Kier molecular flexibility index (Phi) is 5.35. The molecular weight excluding hydrogens is 322 g/mol. The molecule has 1 fully saturated rings. The van der Waals surface area contributed by atoms with Gasteiger partial charge in [-0.25, -0.2) is 0 Å². The van der Waals surface area contributed by atoms with E-state index >= 15 is 0 Å². The van der Waals surface area contributed by atoms with Crippen molar-refractivity contribution in [3.05, 3.63) is 46.4 Å². The molecule has 3 heterocycles. The molecule has 1 saturated heterocycles. The number of rotatable bonds is 4. The molecule has 0 aromatic carbocycles. The first-order chi connectivity index (χ1) is 11.7. The third-order valence-corrected chi connectivity index (χ3v) is 5.27. The average molecular weight is 345 g/mol. The zero-order chi connectivity index (χ0) is 16.9. The predicted octanol–water partition coefficient (Wildman–Crippen LogP) is 2.96. The quantitative estimate of drug-likeness (QED) is 0.926. The fourth-order valence-electron chi connectivity index (χ4n) is 3.29. The van der Waals surface area contributed by atoms with Gasteiger partial charge in [0.25, 0.3) is 5.91 Å². The van der Waals surface area contributed by atoms with Gasteiger partial charge < -0.3 is 14.8 Å². The van der Waals surface area contributed by atoms with Crippen molar-refractivity contribution in [2.75, 3.05) is 13.1 Å². The summed E-state index contributed by atoms with van der Waals surface area (Å²) in [5.41, 5.74) is 1.78. The van der Waals surface area contributed by atoms with Crippen LogP contribution in [0.25, 0.3) is 0 Å². The average Bonchev–Trinajstić information content (AvgIpc) is 3.19. The maximum atomic E-state index is 12.7. The first-order valence-corrected chi connectivity index (χ1v) is 9.32. The highest BCUT2D eigenvalue weighted by Crippen LogP contribution is 2.30. The molecule has 24 heavy (non-hydrogen) atoms. The lowest BCUT2D eigenvalue weighted by atomic mass is 10.1. The summed E-state index contributed by atoms with van der Waals surface area (Å²) in [5, 5.41) is 6.40. The standard InChI is InChI=1S/C18H23N3O2S/c1-20-9-5-7-15(20)16-6-3-2-4-10-21(16)17(22)12-19-18(23)14-8-11-24-13-14/h5,7-9,11,13,16H,2-4,6,10,12H2,1H3,(H,19,23)/t16-/m1/s1. The molecule has 0 unspecified atom stereocenters. The molecule has 6 heteroatoms. The normalized spacial score (nSPS) is 18.2. The largest absolute Gasteiger partial charge is 0.353 e. The van der Waals surface area contributed by atoms with E-state index < -0.39 is 0 Å². The van der Waals surface area contributed by atoms with Crippen LogP contribution in [0, 0.1) is 0 Å². The summed E-state index contributed by atoms with van der Waals surface area (Å²) in [6.07, 6.45) is 6.28. The lowest BCUT2D eigenvalue weighted by Gasteiger charge is -2.30. The van der Waals surface area contributed by atoms with Crippen molar-refractivity contribution in [3.8, 4) is 0 Å². The Bertz CT molecular complexity index is 693. The van der Waals surface area contributed by atoms with Gasteiger partial charge in [-0.15, -0.1) is 0 Å². The molecule has 2 aromatic heterocycles. The maximum Gasteiger partial charge on any atom is 0.252 e. The zero-order valence-corrected chi connectivity index (χ0v) is 14.7. The first kappa shape index (κ1) is 16.8. The van der Waals surface area contributed by atoms with Crippen LogP contribution in [0.15, 0.2) is 35.2 Å². The highest BCUT2D eigenvalue weighted by molar-refractivity contribution is 7.08. The van der Waals surface area contributed by atoms with Gasteiger partial charge in [-0.3, -0.25) is 9.59 Å². The molecule has 0 bridgehead atoms. The summed E-state index contributed by atoms with van der Waals surface area (Å²) in [7, 11) is 2.02. The van der Waals surface area contributed by atoms with Crippen molar-refractivity contribution in [2.24, 2.45) is 7.05 Å². The van der Waals surface area contributed by atoms with E-state index in [1.54, 1.807) is 11.4 Å². The minimum atomic E-state index is -0.185. The third kappa shape index (κ3) is 3.70. The molecule has 5 nitrogen and oxygen atoms in total. The van der Waals surface area contributed by atoms with E-state index in [0.29, 0.717) is 5.56 Å². The van der Waals surface area contributed by atoms with Crippen LogP contribution >= 0.6 is 11.3 Å². The number of carbonyl (C=O) groups is 2. The number of aromatic nitrogens is 1. The smallest absolute Gasteiger partial charge is 0.252 e. The van der Waals surface area contributed by atoms with Crippen molar-refractivity contribution in [1.82, 2.24) is 14.8 Å². The van der Waals surface area contributed by atoms with Gasteiger partial charge in [-0.1, -0.05) is 12.8 Å². The summed E-state index contributed by atoms with van der Waals surface area (Å²) in [5.74, 6) is -0.193. The molecule has 0 radical (unpaired) electrons. The van der Waals surface area contributed by atoms with E-state index in [-0.39, 0.29) is 24.4 Å². The summed E-state index contributed by atoms with van der Waals surface area (Å²) in [6.45, 7) is 0.804. The molecule has 1 aliphatic rings. The highest BCUT2D eigenvalue weighted by Gasteiger charge is 2.28. The number of nitrogens with one attached hydrogen (secondary N) is 1. The van der Waals surface area contributed by atoms with E-state index in [0.717, 1.165) is 37.9 Å². The van der Waals surface area contributed by atoms with Crippen molar-refractivity contribution >= 4 is 23.2 Å². The number of thiophene rings is 1. The summed E-state index contributed by atoms with van der Waals surface area (Å²) in [6, 6.07) is 5.96. The second kappa shape index (κ2) is 7.66. The van der Waals surface area contributed by atoms with Crippen LogP contribution in [0.2, 0.25) is 0 Å². The van der Waals surface area contributed by atoms with Gasteiger partial charge in [0.1, 0.15) is 0 Å². The third-order valence-electron chi connectivity index (χ3n) is 4.58. The number of hydrogen-bond donors (Lipinski definition) is 1. The topological polar surface area (TPSA) is 54.3 Å². The van der Waals surface area contributed by atoms with Crippen molar-refractivity contribution in [2.45, 2.75) is 31.7 Å². The van der Waals surface area contributed by atoms with Crippen LogP contribution in [0.5, 0.6) is 0 Å². The molecule has 128 valence electrons. The molecule has 1 atom stereocenters. The van der Waals surface area contributed by atoms with E-state index in [9.17, 15) is 9.59 Å². The minimum Gasteiger partial charge on any atom is -0.353 e. The van der Waals surface area contributed by atoms with Gasteiger partial charge in [0.05, 0.1) is 12.6 Å². The fraction of sp³-hybridized carbons (Fsp3) is 0.444. The van der Waals surface area contributed by atoms with E-state index in [1.165, 1.54) is 11.3 Å². The van der Waals surface area contributed by atoms with Gasteiger partial charge >= 0.3 is 0 Å². The van der Waals surface area contributed by atoms with E-state index in [2.05, 4.69) is 16.0 Å². The predicted molar refractivity (Wildman–Crippen MR) is 95.0 cm³/mol. The molecule has 2 aromatic rings. The Morgan fingerprint density at radius 3 is 2.88 bits per heavy atom. The number of likely N-dealkylation sites (tertiary alicyclic amines) is 1. The van der Waals surface area contributed by atoms with Crippen LogP contribution in [0.3, 0.4) is 0 Å². The Morgan fingerprint density at radius 1 is 1.29 bits per heavy atom. The van der Waals surface area contributed by atoms with Crippen LogP contribution in [-0.4, -0.2) is 34.4 Å². The van der Waals surface area contributed by atoms with Gasteiger partial charge in [0.2, 0.25) is 5.91 Å². The summed E-state index contributed by atoms with van der Waals surface area (Å²) in [4.78, 5) is 26.7. The van der Waals surface area contributed by atoms with E-state index in [4.69, 9.17) is 0 Å². The maximum absolute atomic E-state index is 12.7. The number of amides is 2. The molecule has 0 spiro atoms. The van der Waals surface area contributed by atoms with Crippen LogP contribution in [0.4, 0.5) is 0 Å². The number of aryl methyl sites for hydroxylation is 1. The highest BCUT2D eigenvalue weighted by atomic mass is 32.1. The summed E-state index contributed by atoms with van der Waals surface area (Å²) < 4.78 is 2.08. The second-order valence-electron chi connectivity index (χ2n) is 6.19. The summed E-state index contributed by atoms with van der Waals surface area (Å²) >= 11 is 1.47. The Labute approximate surface area is 146 Å². The molecule has 1 aliphatic heterocycles. The van der Waals surface area contributed by atoms with Crippen molar-refractivity contribution in [3.63, 3.8) is 0 Å². The monoisotopic (exact) mass is 345 g/mol. The molecule has 2 amide bonds. The Morgan fingerprint density at radius 2 is 2.17 bits per heavy atom. The minimum absolute atomic E-state index is 0.00770. The molecule has 3 rings (SSSR count). The van der Waals surface area contributed by atoms with Gasteiger partial charge in [0.15, 0.2) is 0 Å². The zero-order valence-electron chi connectivity index (χ0n) is 13.9. The Hall–Kier alpha value is -2.08. The van der Waals surface area contributed by atoms with Crippen molar-refractivity contribution in [1.29, 1.82) is 0 Å². The molecule has 0 aliphatic carbocycles. The van der Waals surface area contributed by atoms with Crippen molar-refractivity contribution < 1.29 is 9.59 Å². The lowest BCUT2D eigenvalue weighted by molar-refractivity contribution is -0.132. The fourth-order valence-corrected chi connectivity index (χ4v) is 3.92. The SMILES string of the molecule is Cn1cccc1[C@H]1CCCCCN1C(=O)CNC(=O)c1ccsc1. The number of hydrogen-bond acceptors (Lipinski definition) is 3. The lowest BCUT2D eigenvalue weighted by Crippen LogP contribution is -2.42. The first-order valence-electron chi connectivity index (χ1n) is 8.38. The molecular formula is C18H23N3O2S. The Balaban J connectivity index is 1.68.